The molecule has 3 aromatic heterocycles. The fraction of sp³-hybridized carbons (Fsp3) is 0.333. The molecule has 1 saturated carbocycles. The van der Waals surface area contributed by atoms with E-state index in [4.69, 9.17) is 0 Å². The molecular formula is C15H15N5OS. The van der Waals surface area contributed by atoms with Crippen LogP contribution >= 0.6 is 11.3 Å². The van der Waals surface area contributed by atoms with Gasteiger partial charge in [-0.25, -0.2) is 9.97 Å². The molecule has 0 bridgehead atoms. The first-order valence-electron chi connectivity index (χ1n) is 7.26. The van der Waals surface area contributed by atoms with Crippen molar-refractivity contribution in [2.75, 3.05) is 5.32 Å². The van der Waals surface area contributed by atoms with Crippen molar-refractivity contribution in [1.29, 1.82) is 0 Å². The molecule has 0 radical (unpaired) electrons. The molecule has 0 spiro atoms. The number of rotatable bonds is 3. The molecule has 1 amide bonds. The number of carbonyl (C=O) groups is 1. The molecule has 0 saturated heterocycles. The summed E-state index contributed by atoms with van der Waals surface area (Å²) >= 11 is 1.47. The number of nitrogens with one attached hydrogen (secondary N) is 1. The lowest BCUT2D eigenvalue weighted by molar-refractivity contribution is 0.102. The molecule has 6 nitrogen and oxygen atoms in total. The van der Waals surface area contributed by atoms with Crippen molar-refractivity contribution < 1.29 is 4.79 Å². The number of thiophene rings is 1. The summed E-state index contributed by atoms with van der Waals surface area (Å²) in [7, 11) is 1.85. The van der Waals surface area contributed by atoms with Crippen LogP contribution in [-0.2, 0) is 7.05 Å². The molecule has 1 aliphatic carbocycles. The van der Waals surface area contributed by atoms with Crippen molar-refractivity contribution in [2.24, 2.45) is 7.05 Å². The number of aryl methyl sites for hydroxylation is 1. The fourth-order valence-electron chi connectivity index (χ4n) is 2.64. The SMILES string of the molecule is Cn1nc(C2CCC2)cc1NC(=O)c1ncnc2ccsc12. The van der Waals surface area contributed by atoms with E-state index in [0.717, 1.165) is 15.9 Å². The third kappa shape index (κ3) is 2.18. The second-order valence-corrected chi connectivity index (χ2v) is 6.43. The number of carbonyl (C=O) groups excluding carboxylic acids is 1. The average molecular weight is 313 g/mol. The molecule has 0 atom stereocenters. The molecule has 3 heterocycles. The molecule has 1 aliphatic rings. The third-order valence-electron chi connectivity index (χ3n) is 4.12. The van der Waals surface area contributed by atoms with Gasteiger partial charge in [-0.05, 0) is 24.3 Å². The molecule has 1 fully saturated rings. The summed E-state index contributed by atoms with van der Waals surface area (Å²) < 4.78 is 2.53. The molecule has 112 valence electrons. The zero-order valence-corrected chi connectivity index (χ0v) is 12.9. The van der Waals surface area contributed by atoms with Crippen LogP contribution in [0.3, 0.4) is 0 Å². The lowest BCUT2D eigenvalue weighted by atomic mass is 9.83. The van der Waals surface area contributed by atoms with Crippen molar-refractivity contribution >= 4 is 33.3 Å². The van der Waals surface area contributed by atoms with E-state index < -0.39 is 0 Å². The van der Waals surface area contributed by atoms with Gasteiger partial charge in [-0.15, -0.1) is 11.3 Å². The van der Waals surface area contributed by atoms with E-state index in [9.17, 15) is 4.79 Å². The zero-order chi connectivity index (χ0) is 15.1. The Kier molecular flexibility index (Phi) is 3.15. The van der Waals surface area contributed by atoms with E-state index in [1.54, 1.807) is 4.68 Å². The minimum absolute atomic E-state index is 0.224. The molecule has 4 rings (SSSR count). The summed E-state index contributed by atoms with van der Waals surface area (Å²) in [5.41, 5.74) is 2.27. The van der Waals surface area contributed by atoms with Crippen molar-refractivity contribution in [2.45, 2.75) is 25.2 Å². The van der Waals surface area contributed by atoms with Gasteiger partial charge >= 0.3 is 0 Å². The number of fused-ring (bicyclic) bond motifs is 1. The van der Waals surface area contributed by atoms with Gasteiger partial charge in [0.25, 0.3) is 5.91 Å². The zero-order valence-electron chi connectivity index (χ0n) is 12.1. The summed E-state index contributed by atoms with van der Waals surface area (Å²) in [6.07, 6.45) is 5.06. The first kappa shape index (κ1) is 13.4. The number of hydrogen-bond donors (Lipinski definition) is 1. The van der Waals surface area contributed by atoms with Crippen molar-refractivity contribution in [1.82, 2.24) is 19.7 Å². The highest BCUT2D eigenvalue weighted by Crippen LogP contribution is 2.36. The molecule has 0 unspecified atom stereocenters. The number of nitrogens with zero attached hydrogens (tertiary/aromatic N) is 4. The topological polar surface area (TPSA) is 72.7 Å². The average Bonchev–Trinajstić information content (AvgIpc) is 3.04. The van der Waals surface area contributed by atoms with Gasteiger partial charge in [0.1, 0.15) is 17.8 Å². The molecule has 0 aromatic carbocycles. The maximum absolute atomic E-state index is 12.5. The Morgan fingerprint density at radius 1 is 1.41 bits per heavy atom. The second kappa shape index (κ2) is 5.17. The van der Waals surface area contributed by atoms with Crippen LogP contribution in [0, 0.1) is 0 Å². The van der Waals surface area contributed by atoms with Gasteiger partial charge in [0.2, 0.25) is 0 Å². The van der Waals surface area contributed by atoms with Gasteiger partial charge in [0.15, 0.2) is 0 Å². The third-order valence-corrected chi connectivity index (χ3v) is 5.03. The van der Waals surface area contributed by atoms with E-state index in [2.05, 4.69) is 20.4 Å². The lowest BCUT2D eigenvalue weighted by Crippen LogP contribution is -2.16. The summed E-state index contributed by atoms with van der Waals surface area (Å²) in [4.78, 5) is 20.8. The summed E-state index contributed by atoms with van der Waals surface area (Å²) in [6, 6.07) is 3.85. The minimum Gasteiger partial charge on any atom is -0.305 e. The highest BCUT2D eigenvalue weighted by molar-refractivity contribution is 7.17. The van der Waals surface area contributed by atoms with Gasteiger partial charge in [-0.2, -0.15) is 5.10 Å². The van der Waals surface area contributed by atoms with Crippen LogP contribution in [-0.4, -0.2) is 25.7 Å². The van der Waals surface area contributed by atoms with Crippen LogP contribution < -0.4 is 5.32 Å². The first-order valence-corrected chi connectivity index (χ1v) is 8.14. The largest absolute Gasteiger partial charge is 0.305 e. The van der Waals surface area contributed by atoms with Gasteiger partial charge in [-0.3, -0.25) is 9.48 Å². The molecular weight excluding hydrogens is 298 g/mol. The molecule has 22 heavy (non-hydrogen) atoms. The Bertz CT molecular complexity index is 849. The molecule has 1 N–H and O–H groups in total. The highest BCUT2D eigenvalue weighted by Gasteiger charge is 2.24. The molecule has 0 aliphatic heterocycles. The highest BCUT2D eigenvalue weighted by atomic mass is 32.1. The fourth-order valence-corrected chi connectivity index (χ4v) is 3.47. The van der Waals surface area contributed by atoms with Gasteiger partial charge < -0.3 is 5.32 Å². The predicted molar refractivity (Wildman–Crippen MR) is 85.2 cm³/mol. The van der Waals surface area contributed by atoms with Crippen LogP contribution in [0.4, 0.5) is 5.82 Å². The number of aromatic nitrogens is 4. The summed E-state index contributed by atoms with van der Waals surface area (Å²) in [5.74, 6) is 1.02. The van der Waals surface area contributed by atoms with Crippen LogP contribution in [0.1, 0.15) is 41.4 Å². The van der Waals surface area contributed by atoms with E-state index in [1.807, 2.05) is 24.6 Å². The number of anilines is 1. The number of hydrogen-bond acceptors (Lipinski definition) is 5. The smallest absolute Gasteiger partial charge is 0.277 e. The van der Waals surface area contributed by atoms with Gasteiger partial charge in [0.05, 0.1) is 15.9 Å². The maximum Gasteiger partial charge on any atom is 0.277 e. The Hall–Kier alpha value is -2.28. The minimum atomic E-state index is -0.224. The lowest BCUT2D eigenvalue weighted by Gasteiger charge is -2.22. The first-order chi connectivity index (χ1) is 10.7. The van der Waals surface area contributed by atoms with Crippen molar-refractivity contribution in [3.63, 3.8) is 0 Å². The maximum atomic E-state index is 12.5. The van der Waals surface area contributed by atoms with E-state index in [1.165, 1.54) is 36.9 Å². The van der Waals surface area contributed by atoms with E-state index in [0.29, 0.717) is 17.4 Å². The van der Waals surface area contributed by atoms with Crippen LogP contribution in [0.2, 0.25) is 0 Å². The van der Waals surface area contributed by atoms with Crippen LogP contribution in [0.5, 0.6) is 0 Å². The normalized spacial score (nSPS) is 15.0. The van der Waals surface area contributed by atoms with E-state index in [-0.39, 0.29) is 5.91 Å². The second-order valence-electron chi connectivity index (χ2n) is 5.52. The van der Waals surface area contributed by atoms with Gasteiger partial charge in [-0.1, -0.05) is 6.42 Å². The molecule has 3 aromatic rings. The Morgan fingerprint density at radius 3 is 3.05 bits per heavy atom. The Morgan fingerprint density at radius 2 is 2.27 bits per heavy atom. The number of amides is 1. The van der Waals surface area contributed by atoms with E-state index >= 15 is 0 Å². The predicted octanol–water partition coefficient (Wildman–Crippen LogP) is 2.94. The Balaban J connectivity index is 1.61. The summed E-state index contributed by atoms with van der Waals surface area (Å²) in [5, 5.41) is 9.32. The Labute approximate surface area is 131 Å². The standard InChI is InChI=1S/C15H15N5OS/c1-20-12(7-11(19-20)9-3-2-4-9)18-15(21)13-14-10(5-6-22-14)16-8-17-13/h5-9H,2-4H2,1H3,(H,18,21). The monoisotopic (exact) mass is 313 g/mol. The van der Waals surface area contributed by atoms with Crippen LogP contribution in [0.15, 0.2) is 23.8 Å². The van der Waals surface area contributed by atoms with Gasteiger partial charge in [0, 0.05) is 19.0 Å². The molecule has 7 heteroatoms. The summed E-state index contributed by atoms with van der Waals surface area (Å²) in [6.45, 7) is 0. The van der Waals surface area contributed by atoms with Crippen LogP contribution in [0.25, 0.3) is 10.2 Å². The quantitative estimate of drug-likeness (QED) is 0.807. The van der Waals surface area contributed by atoms with Crippen molar-refractivity contribution in [3.05, 3.63) is 35.2 Å². The van der Waals surface area contributed by atoms with Crippen molar-refractivity contribution in [3.8, 4) is 0 Å².